The number of nitrogens with zero attached hydrogens (tertiary/aromatic N) is 1. The topological polar surface area (TPSA) is 57.5 Å². The maximum atomic E-state index is 11.8. The van der Waals surface area contributed by atoms with E-state index in [1.807, 2.05) is 0 Å². The third-order valence-corrected chi connectivity index (χ3v) is 2.76. The Morgan fingerprint density at radius 3 is 2.63 bits per heavy atom. The van der Waals surface area contributed by atoms with Gasteiger partial charge >= 0.3 is 11.9 Å². The summed E-state index contributed by atoms with van der Waals surface area (Å²) in [6.45, 7) is 3.44. The van der Waals surface area contributed by atoms with Gasteiger partial charge < -0.3 is 14.0 Å². The lowest BCUT2D eigenvalue weighted by Gasteiger charge is -2.04. The Morgan fingerprint density at radius 2 is 2.00 bits per heavy atom. The summed E-state index contributed by atoms with van der Waals surface area (Å²) in [5, 5.41) is 0.823. The number of aryl methyl sites for hydroxylation is 1. The molecule has 1 aromatic carbocycles. The summed E-state index contributed by atoms with van der Waals surface area (Å²) < 4.78 is 11.8. The summed E-state index contributed by atoms with van der Waals surface area (Å²) in [5.41, 5.74) is 1.34. The van der Waals surface area contributed by atoms with E-state index in [1.165, 1.54) is 6.92 Å². The Labute approximate surface area is 110 Å². The highest BCUT2D eigenvalue weighted by molar-refractivity contribution is 5.96. The largest absolute Gasteiger partial charge is 0.461 e. The monoisotopic (exact) mass is 261 g/mol. The van der Waals surface area contributed by atoms with Crippen LogP contribution in [0.4, 0.5) is 0 Å². The molecule has 2 rings (SSSR count). The molecule has 0 fully saturated rings. The molecule has 0 unspecified atom stereocenters. The molecule has 1 heterocycles. The summed E-state index contributed by atoms with van der Waals surface area (Å²) in [6, 6.07) is 6.94. The van der Waals surface area contributed by atoms with Gasteiger partial charge in [0.1, 0.15) is 11.4 Å². The molecule has 5 nitrogen and oxygen atoms in total. The zero-order chi connectivity index (χ0) is 14.0. The number of esters is 2. The number of carbonyl (C=O) groups is 2. The number of carbonyl (C=O) groups excluding carboxylic acids is 2. The first-order valence-electron chi connectivity index (χ1n) is 5.98. The number of aromatic nitrogens is 1. The molecule has 0 spiro atoms. The summed E-state index contributed by atoms with van der Waals surface area (Å²) >= 11 is 0. The van der Waals surface area contributed by atoms with E-state index in [-0.39, 0.29) is 11.9 Å². The van der Waals surface area contributed by atoms with Crippen LogP contribution in [0.15, 0.2) is 24.3 Å². The highest BCUT2D eigenvalue weighted by Crippen LogP contribution is 2.24. The van der Waals surface area contributed by atoms with Gasteiger partial charge in [0.25, 0.3) is 0 Å². The van der Waals surface area contributed by atoms with Crippen LogP contribution in [0.5, 0.6) is 5.75 Å². The van der Waals surface area contributed by atoms with Crippen molar-refractivity contribution in [3.05, 3.63) is 30.0 Å². The van der Waals surface area contributed by atoms with Crippen molar-refractivity contribution < 1.29 is 19.1 Å². The second kappa shape index (κ2) is 5.14. The average molecular weight is 261 g/mol. The zero-order valence-corrected chi connectivity index (χ0v) is 11.1. The molecule has 0 saturated carbocycles. The molecular formula is C14H15NO4. The van der Waals surface area contributed by atoms with Gasteiger partial charge in [-0.25, -0.2) is 4.79 Å². The van der Waals surface area contributed by atoms with Crippen LogP contribution < -0.4 is 4.74 Å². The SMILES string of the molecule is CCOC(=O)c1cc2cc(OC(C)=O)ccc2n1C. The molecular weight excluding hydrogens is 246 g/mol. The molecule has 5 heteroatoms. The third kappa shape index (κ3) is 2.59. The van der Waals surface area contributed by atoms with Crippen LogP contribution in [-0.2, 0) is 16.6 Å². The van der Waals surface area contributed by atoms with Crippen molar-refractivity contribution in [2.24, 2.45) is 7.05 Å². The van der Waals surface area contributed by atoms with Gasteiger partial charge in [-0.3, -0.25) is 4.79 Å². The molecule has 19 heavy (non-hydrogen) atoms. The first-order chi connectivity index (χ1) is 9.02. The van der Waals surface area contributed by atoms with Crippen molar-refractivity contribution in [1.82, 2.24) is 4.57 Å². The second-order valence-corrected chi connectivity index (χ2v) is 4.12. The van der Waals surface area contributed by atoms with E-state index >= 15 is 0 Å². The van der Waals surface area contributed by atoms with Crippen molar-refractivity contribution in [3.63, 3.8) is 0 Å². The minimum Gasteiger partial charge on any atom is -0.461 e. The standard InChI is InChI=1S/C14H15NO4/c1-4-18-14(17)13-8-10-7-11(19-9(2)16)5-6-12(10)15(13)3/h5-8H,4H2,1-3H3. The van der Waals surface area contributed by atoms with Gasteiger partial charge in [0, 0.05) is 24.9 Å². The number of benzene rings is 1. The van der Waals surface area contributed by atoms with Crippen molar-refractivity contribution in [1.29, 1.82) is 0 Å². The van der Waals surface area contributed by atoms with Crippen molar-refractivity contribution >= 4 is 22.8 Å². The Morgan fingerprint density at radius 1 is 1.26 bits per heavy atom. The fourth-order valence-electron chi connectivity index (χ4n) is 1.96. The second-order valence-electron chi connectivity index (χ2n) is 4.12. The van der Waals surface area contributed by atoms with E-state index < -0.39 is 0 Å². The normalized spacial score (nSPS) is 10.5. The number of fused-ring (bicyclic) bond motifs is 1. The molecule has 0 aliphatic rings. The van der Waals surface area contributed by atoms with Crippen LogP contribution >= 0.6 is 0 Å². The quantitative estimate of drug-likeness (QED) is 0.628. The minimum atomic E-state index is -0.374. The first-order valence-corrected chi connectivity index (χ1v) is 5.98. The maximum Gasteiger partial charge on any atom is 0.354 e. The molecule has 0 amide bonds. The Hall–Kier alpha value is -2.30. The predicted molar refractivity (Wildman–Crippen MR) is 70.2 cm³/mol. The van der Waals surface area contributed by atoms with Gasteiger partial charge in [0.2, 0.25) is 0 Å². The summed E-state index contributed by atoms with van der Waals surface area (Å²) in [5.74, 6) is -0.280. The molecule has 0 N–H and O–H groups in total. The van der Waals surface area contributed by atoms with Crippen LogP contribution in [0.25, 0.3) is 10.9 Å². The molecule has 0 bridgehead atoms. The van der Waals surface area contributed by atoms with Gasteiger partial charge in [0.05, 0.1) is 6.61 Å². The van der Waals surface area contributed by atoms with Crippen molar-refractivity contribution in [3.8, 4) is 5.75 Å². The van der Waals surface area contributed by atoms with E-state index in [0.29, 0.717) is 18.1 Å². The molecule has 0 atom stereocenters. The molecule has 0 radical (unpaired) electrons. The van der Waals surface area contributed by atoms with Gasteiger partial charge in [-0.15, -0.1) is 0 Å². The number of rotatable bonds is 3. The zero-order valence-electron chi connectivity index (χ0n) is 11.1. The van der Waals surface area contributed by atoms with Gasteiger partial charge in [-0.05, 0) is 31.2 Å². The van der Waals surface area contributed by atoms with E-state index in [0.717, 1.165) is 10.9 Å². The fraction of sp³-hybridized carbons (Fsp3) is 0.286. The van der Waals surface area contributed by atoms with E-state index in [2.05, 4.69) is 0 Å². The lowest BCUT2D eigenvalue weighted by Crippen LogP contribution is -2.09. The summed E-state index contributed by atoms with van der Waals surface area (Å²) in [4.78, 5) is 22.7. The highest BCUT2D eigenvalue weighted by Gasteiger charge is 2.14. The fourth-order valence-corrected chi connectivity index (χ4v) is 1.96. The average Bonchev–Trinajstić information content (AvgIpc) is 2.66. The lowest BCUT2D eigenvalue weighted by atomic mass is 10.2. The maximum absolute atomic E-state index is 11.8. The molecule has 100 valence electrons. The van der Waals surface area contributed by atoms with Gasteiger partial charge in [-0.2, -0.15) is 0 Å². The molecule has 1 aromatic heterocycles. The number of hydrogen-bond donors (Lipinski definition) is 0. The van der Waals surface area contributed by atoms with E-state index in [9.17, 15) is 9.59 Å². The van der Waals surface area contributed by atoms with Gasteiger partial charge in [-0.1, -0.05) is 0 Å². The molecule has 2 aromatic rings. The Kier molecular flexibility index (Phi) is 3.55. The molecule has 0 saturated heterocycles. The molecule has 0 aliphatic carbocycles. The van der Waals surface area contributed by atoms with Crippen LogP contribution in [0, 0.1) is 0 Å². The van der Waals surface area contributed by atoms with Crippen LogP contribution in [0.2, 0.25) is 0 Å². The summed E-state index contributed by atoms with van der Waals surface area (Å²) in [7, 11) is 1.79. The Balaban J connectivity index is 2.44. The smallest absolute Gasteiger partial charge is 0.354 e. The highest BCUT2D eigenvalue weighted by atomic mass is 16.5. The number of ether oxygens (including phenoxy) is 2. The van der Waals surface area contributed by atoms with Crippen molar-refractivity contribution in [2.45, 2.75) is 13.8 Å². The number of hydrogen-bond acceptors (Lipinski definition) is 4. The molecule has 0 aliphatic heterocycles. The van der Waals surface area contributed by atoms with E-state index in [1.54, 1.807) is 42.8 Å². The Bertz CT molecular complexity index is 642. The van der Waals surface area contributed by atoms with Crippen LogP contribution in [0.3, 0.4) is 0 Å². The van der Waals surface area contributed by atoms with E-state index in [4.69, 9.17) is 9.47 Å². The third-order valence-electron chi connectivity index (χ3n) is 2.76. The lowest BCUT2D eigenvalue weighted by molar-refractivity contribution is -0.131. The summed E-state index contributed by atoms with van der Waals surface area (Å²) in [6.07, 6.45) is 0. The predicted octanol–water partition coefficient (Wildman–Crippen LogP) is 2.28. The van der Waals surface area contributed by atoms with Gasteiger partial charge in [0.15, 0.2) is 0 Å². The van der Waals surface area contributed by atoms with Crippen molar-refractivity contribution in [2.75, 3.05) is 6.61 Å². The first kappa shape index (κ1) is 13.1. The minimum absolute atomic E-state index is 0.332. The van der Waals surface area contributed by atoms with Crippen LogP contribution in [0.1, 0.15) is 24.3 Å². The van der Waals surface area contributed by atoms with Crippen LogP contribution in [-0.4, -0.2) is 23.1 Å².